The van der Waals surface area contributed by atoms with Gasteiger partial charge < -0.3 is 10.1 Å². The second kappa shape index (κ2) is 12.1. The first-order valence-electron chi connectivity index (χ1n) is 11.7. The van der Waals surface area contributed by atoms with Gasteiger partial charge in [0, 0.05) is 35.0 Å². The molecule has 1 aliphatic carbocycles. The Morgan fingerprint density at radius 1 is 1.14 bits per heavy atom. The Hall–Kier alpha value is -3.31. The molecule has 3 aromatic rings. The van der Waals surface area contributed by atoms with Crippen LogP contribution < -0.4 is 10.6 Å². The van der Waals surface area contributed by atoms with Crippen molar-refractivity contribution in [1.82, 2.24) is 15.0 Å². The molecule has 1 fully saturated rings. The van der Waals surface area contributed by atoms with Gasteiger partial charge in [0.1, 0.15) is 0 Å². The van der Waals surface area contributed by atoms with Crippen LogP contribution in [0.5, 0.6) is 0 Å². The first kappa shape index (κ1) is 25.8. The number of ketones is 1. The van der Waals surface area contributed by atoms with Crippen molar-refractivity contribution in [1.29, 1.82) is 0 Å². The van der Waals surface area contributed by atoms with Crippen molar-refractivity contribution < 1.29 is 19.1 Å². The first-order valence-corrected chi connectivity index (χ1v) is 13.6. The fourth-order valence-electron chi connectivity index (χ4n) is 3.91. The van der Waals surface area contributed by atoms with Crippen molar-refractivity contribution in [2.75, 3.05) is 17.2 Å². The van der Waals surface area contributed by atoms with E-state index in [2.05, 4.69) is 25.6 Å². The second-order valence-corrected chi connectivity index (χ2v) is 10.2. The van der Waals surface area contributed by atoms with Crippen LogP contribution in [-0.2, 0) is 10.5 Å². The number of rotatable bonds is 9. The average Bonchev–Trinajstić information content (AvgIpc) is 3.56. The summed E-state index contributed by atoms with van der Waals surface area (Å²) >= 11 is 2.67. The van der Waals surface area contributed by atoms with Gasteiger partial charge in [-0.15, -0.1) is 11.3 Å². The lowest BCUT2D eigenvalue weighted by Crippen LogP contribution is -2.22. The highest BCUT2D eigenvalue weighted by molar-refractivity contribution is 7.98. The van der Waals surface area contributed by atoms with Crippen molar-refractivity contribution in [3.63, 3.8) is 0 Å². The number of Topliss-reactive ketones (excluding diaryl/α,β-unsaturated/α-hetero) is 1. The zero-order valence-electron chi connectivity index (χ0n) is 20.1. The van der Waals surface area contributed by atoms with E-state index in [9.17, 15) is 14.4 Å². The van der Waals surface area contributed by atoms with Crippen LogP contribution >= 0.6 is 23.1 Å². The van der Waals surface area contributed by atoms with E-state index in [0.29, 0.717) is 39.5 Å². The van der Waals surface area contributed by atoms with Gasteiger partial charge in [0.2, 0.25) is 0 Å². The zero-order chi connectivity index (χ0) is 25.5. The van der Waals surface area contributed by atoms with E-state index in [4.69, 9.17) is 4.74 Å². The molecule has 1 saturated carbocycles. The van der Waals surface area contributed by atoms with Crippen molar-refractivity contribution in [2.24, 2.45) is 5.92 Å². The molecule has 11 heteroatoms. The van der Waals surface area contributed by atoms with Crippen LogP contribution in [-0.4, -0.2) is 39.3 Å². The van der Waals surface area contributed by atoms with E-state index < -0.39 is 12.0 Å². The van der Waals surface area contributed by atoms with E-state index in [1.165, 1.54) is 35.5 Å². The molecule has 36 heavy (non-hydrogen) atoms. The number of aryl methyl sites for hydroxylation is 1. The van der Waals surface area contributed by atoms with Gasteiger partial charge in [-0.3, -0.25) is 10.1 Å². The quantitative estimate of drug-likeness (QED) is 0.157. The van der Waals surface area contributed by atoms with Gasteiger partial charge in [0.15, 0.2) is 16.1 Å². The Labute approximate surface area is 217 Å². The minimum atomic E-state index is -0.455. The predicted octanol–water partition coefficient (Wildman–Crippen LogP) is 5.73. The van der Waals surface area contributed by atoms with Gasteiger partial charge in [-0.25, -0.2) is 24.5 Å². The van der Waals surface area contributed by atoms with E-state index in [-0.39, 0.29) is 11.7 Å². The van der Waals surface area contributed by atoms with Crippen LogP contribution in [0, 0.1) is 12.8 Å². The van der Waals surface area contributed by atoms with Crippen molar-refractivity contribution in [3.05, 3.63) is 58.4 Å². The van der Waals surface area contributed by atoms with Gasteiger partial charge in [-0.1, -0.05) is 36.2 Å². The number of amides is 2. The first-order chi connectivity index (χ1) is 17.4. The maximum atomic E-state index is 13.0. The zero-order valence-corrected chi connectivity index (χ0v) is 21.7. The van der Waals surface area contributed by atoms with Gasteiger partial charge in [0.05, 0.1) is 23.6 Å². The van der Waals surface area contributed by atoms with Gasteiger partial charge in [-0.05, 0) is 38.8 Å². The molecule has 0 aliphatic heterocycles. The van der Waals surface area contributed by atoms with E-state index in [1.807, 2.05) is 24.4 Å². The summed E-state index contributed by atoms with van der Waals surface area (Å²) in [5, 5.41) is 8.35. The lowest BCUT2D eigenvalue weighted by atomic mass is 9.94. The SMILES string of the molecule is CCOC(=O)c1cnc(SCc2csc(NC(=O)Nc3ccc(C)cc3C(=O)C3CCCC3)n2)nc1. The van der Waals surface area contributed by atoms with Crippen LogP contribution in [0.2, 0.25) is 0 Å². The maximum Gasteiger partial charge on any atom is 0.341 e. The van der Waals surface area contributed by atoms with Gasteiger partial charge in [0.25, 0.3) is 0 Å². The molecule has 9 nitrogen and oxygen atoms in total. The topological polar surface area (TPSA) is 123 Å². The fraction of sp³-hybridized carbons (Fsp3) is 0.360. The molecule has 2 N–H and O–H groups in total. The number of nitrogens with zero attached hydrogens (tertiary/aromatic N) is 3. The Bertz CT molecular complexity index is 1240. The molecular formula is C25H27N5O4S2. The van der Waals surface area contributed by atoms with Gasteiger partial charge in [-0.2, -0.15) is 0 Å². The Morgan fingerprint density at radius 2 is 1.89 bits per heavy atom. The second-order valence-electron chi connectivity index (χ2n) is 8.38. The molecule has 0 bridgehead atoms. The number of anilines is 2. The number of benzene rings is 1. The number of ether oxygens (including phenoxy) is 1. The summed E-state index contributed by atoms with van der Waals surface area (Å²) in [5.41, 5.74) is 3.09. The standard InChI is InChI=1S/C25H27N5O4S2/c1-3-34-22(32)17-11-26-24(27-12-17)35-13-18-14-36-25(28-18)30-23(33)29-20-9-8-15(2)10-19(20)21(31)16-6-4-5-7-16/h8-12,14,16H,3-7,13H2,1-2H3,(H2,28,29,30,33). The molecule has 0 unspecified atom stereocenters. The number of hydrogen-bond donors (Lipinski definition) is 2. The van der Waals surface area contributed by atoms with Crippen LogP contribution in [0.4, 0.5) is 15.6 Å². The number of esters is 1. The molecule has 0 radical (unpaired) electrons. The molecule has 1 aromatic carbocycles. The molecule has 0 atom stereocenters. The van der Waals surface area contributed by atoms with Gasteiger partial charge >= 0.3 is 12.0 Å². The molecule has 2 aromatic heterocycles. The number of thioether (sulfide) groups is 1. The monoisotopic (exact) mass is 525 g/mol. The van der Waals surface area contributed by atoms with Crippen molar-refractivity contribution in [2.45, 2.75) is 50.4 Å². The number of aromatic nitrogens is 3. The minimum Gasteiger partial charge on any atom is -0.462 e. The highest BCUT2D eigenvalue weighted by Crippen LogP contribution is 2.31. The Morgan fingerprint density at radius 3 is 2.61 bits per heavy atom. The van der Waals surface area contributed by atoms with Crippen LogP contribution in [0.1, 0.15) is 64.6 Å². The van der Waals surface area contributed by atoms with Crippen LogP contribution in [0.25, 0.3) is 0 Å². The number of carbonyl (C=O) groups excluding carboxylic acids is 3. The van der Waals surface area contributed by atoms with Crippen LogP contribution in [0.15, 0.2) is 41.1 Å². The smallest absolute Gasteiger partial charge is 0.341 e. The third-order valence-electron chi connectivity index (χ3n) is 5.68. The van der Waals surface area contributed by atoms with E-state index in [1.54, 1.807) is 13.0 Å². The highest BCUT2D eigenvalue weighted by Gasteiger charge is 2.26. The fourth-order valence-corrected chi connectivity index (χ4v) is 5.40. The number of urea groups is 1. The predicted molar refractivity (Wildman–Crippen MR) is 140 cm³/mol. The van der Waals surface area contributed by atoms with E-state index in [0.717, 1.165) is 36.9 Å². The summed E-state index contributed by atoms with van der Waals surface area (Å²) in [6.07, 6.45) is 6.81. The Kier molecular flexibility index (Phi) is 8.65. The third-order valence-corrected chi connectivity index (χ3v) is 7.39. The molecule has 0 saturated heterocycles. The molecule has 2 heterocycles. The molecule has 188 valence electrons. The number of carbonyl (C=O) groups is 3. The lowest BCUT2D eigenvalue weighted by Gasteiger charge is -2.14. The lowest BCUT2D eigenvalue weighted by molar-refractivity contribution is 0.0525. The number of hydrogen-bond acceptors (Lipinski definition) is 9. The normalized spacial score (nSPS) is 13.4. The molecule has 2 amide bonds. The average molecular weight is 526 g/mol. The number of thiazole rings is 1. The molecule has 4 rings (SSSR count). The van der Waals surface area contributed by atoms with E-state index >= 15 is 0 Å². The van der Waals surface area contributed by atoms with Crippen molar-refractivity contribution >= 4 is 51.7 Å². The highest BCUT2D eigenvalue weighted by atomic mass is 32.2. The summed E-state index contributed by atoms with van der Waals surface area (Å²) in [5.74, 6) is 0.164. The minimum absolute atomic E-state index is 0.0276. The summed E-state index contributed by atoms with van der Waals surface area (Å²) in [6, 6.07) is 5.04. The summed E-state index contributed by atoms with van der Waals surface area (Å²) < 4.78 is 4.92. The maximum absolute atomic E-state index is 13.0. The third kappa shape index (κ3) is 6.67. The summed E-state index contributed by atoms with van der Waals surface area (Å²) in [7, 11) is 0. The molecule has 0 spiro atoms. The van der Waals surface area contributed by atoms with Crippen molar-refractivity contribution in [3.8, 4) is 0 Å². The largest absolute Gasteiger partial charge is 0.462 e. The Balaban J connectivity index is 1.32. The molecule has 1 aliphatic rings. The summed E-state index contributed by atoms with van der Waals surface area (Å²) in [4.78, 5) is 50.2. The summed E-state index contributed by atoms with van der Waals surface area (Å²) in [6.45, 7) is 3.96. The number of nitrogens with one attached hydrogen (secondary N) is 2. The van der Waals surface area contributed by atoms with Crippen LogP contribution in [0.3, 0.4) is 0 Å². The molecular weight excluding hydrogens is 498 g/mol.